The highest BCUT2D eigenvalue weighted by molar-refractivity contribution is 5.23. The fourth-order valence-electron chi connectivity index (χ4n) is 3.10. The number of alkyl halides is 1. The van der Waals surface area contributed by atoms with Crippen molar-refractivity contribution in [1.29, 1.82) is 0 Å². The van der Waals surface area contributed by atoms with Gasteiger partial charge in [0.1, 0.15) is 0 Å². The molecule has 2 rings (SSSR count). The Hall–Kier alpha value is -1.45. The van der Waals surface area contributed by atoms with Gasteiger partial charge in [0, 0.05) is 6.04 Å². The highest BCUT2D eigenvalue weighted by atomic mass is 19.1. The number of aliphatic hydroxyl groups excluding tert-OH is 1. The van der Waals surface area contributed by atoms with Crippen molar-refractivity contribution in [2.24, 2.45) is 11.7 Å². The molecule has 0 spiro atoms. The van der Waals surface area contributed by atoms with Crippen molar-refractivity contribution in [3.8, 4) is 0 Å². The van der Waals surface area contributed by atoms with Gasteiger partial charge < -0.3 is 10.8 Å². The number of unbranched alkanes of at least 4 members (excludes halogenated alkanes) is 1. The van der Waals surface area contributed by atoms with E-state index in [2.05, 4.69) is 58.2 Å². The van der Waals surface area contributed by atoms with E-state index in [0.717, 1.165) is 38.0 Å². The zero-order chi connectivity index (χ0) is 22.5. The highest BCUT2D eigenvalue weighted by Gasteiger charge is 2.17. The summed E-state index contributed by atoms with van der Waals surface area (Å²) < 4.78 is 9.50. The van der Waals surface area contributed by atoms with E-state index >= 15 is 0 Å². The number of allylic oxidation sites excluding steroid dienone is 1. The summed E-state index contributed by atoms with van der Waals surface area (Å²) in [5, 5.41) is 9.21. The molecule has 3 N–H and O–H groups in total. The molecule has 0 bridgehead atoms. The van der Waals surface area contributed by atoms with E-state index in [0.29, 0.717) is 7.18 Å². The van der Waals surface area contributed by atoms with E-state index in [1.807, 2.05) is 6.08 Å². The summed E-state index contributed by atoms with van der Waals surface area (Å²) in [4.78, 5) is 0. The Morgan fingerprint density at radius 1 is 1.10 bits per heavy atom. The average Bonchev–Trinajstić information content (AvgIpc) is 2.77. The summed E-state index contributed by atoms with van der Waals surface area (Å²) in [6, 6.07) is 8.67. The minimum atomic E-state index is 0.0173. The maximum absolute atomic E-state index is 9.50. The minimum Gasteiger partial charge on any atom is -0.393 e. The van der Waals surface area contributed by atoms with Crippen molar-refractivity contribution in [2.75, 3.05) is 7.18 Å². The predicted octanol–water partition coefficient (Wildman–Crippen LogP) is 6.81. The van der Waals surface area contributed by atoms with Gasteiger partial charge in [0.05, 0.1) is 13.3 Å². The molecule has 0 aliphatic heterocycles. The fraction of sp³-hybridized carbons (Fsp3) is 0.615. The Kier molecular flexibility index (Phi) is 21.8. The van der Waals surface area contributed by atoms with Gasteiger partial charge in [-0.25, -0.2) is 0 Å². The van der Waals surface area contributed by atoms with Crippen LogP contribution in [-0.4, -0.2) is 24.4 Å². The number of halogens is 1. The number of benzene rings is 1. The summed E-state index contributed by atoms with van der Waals surface area (Å²) in [5.41, 5.74) is 8.41. The normalized spacial score (nSPS) is 18.4. The lowest BCUT2D eigenvalue weighted by molar-refractivity contribution is 0.0998. The van der Waals surface area contributed by atoms with E-state index < -0.39 is 0 Å². The van der Waals surface area contributed by atoms with Crippen LogP contribution < -0.4 is 5.73 Å². The van der Waals surface area contributed by atoms with Crippen LogP contribution in [0, 0.1) is 5.92 Å². The maximum Gasteiger partial charge on any atom is 0.0785 e. The molecule has 0 heterocycles. The first-order valence-corrected chi connectivity index (χ1v) is 11.1. The van der Waals surface area contributed by atoms with Crippen LogP contribution in [-0.2, 0) is 12.8 Å². The second-order valence-electron chi connectivity index (χ2n) is 7.45. The molecular weight excluding hydrogens is 361 g/mol. The van der Waals surface area contributed by atoms with Gasteiger partial charge in [-0.2, -0.15) is 0 Å². The van der Waals surface area contributed by atoms with Crippen molar-refractivity contribution >= 4 is 0 Å². The molecule has 29 heavy (non-hydrogen) atoms. The largest absolute Gasteiger partial charge is 0.393 e. The number of hydrogen-bond donors (Lipinski definition) is 2. The van der Waals surface area contributed by atoms with E-state index in [1.54, 1.807) is 6.08 Å². The lowest BCUT2D eigenvalue weighted by Gasteiger charge is -2.24. The molecule has 1 aromatic carbocycles. The van der Waals surface area contributed by atoms with Crippen LogP contribution >= 0.6 is 0 Å². The van der Waals surface area contributed by atoms with Gasteiger partial charge in [-0.15, -0.1) is 13.2 Å². The minimum absolute atomic E-state index is 0.0173. The molecule has 3 heteroatoms. The molecule has 1 fully saturated rings. The first kappa shape index (κ1) is 29.7. The topological polar surface area (TPSA) is 46.2 Å². The smallest absolute Gasteiger partial charge is 0.0785 e. The van der Waals surface area contributed by atoms with Gasteiger partial charge >= 0.3 is 0 Å². The first-order chi connectivity index (χ1) is 14.0. The third-order valence-corrected chi connectivity index (χ3v) is 5.03. The number of hydrogen-bond acceptors (Lipinski definition) is 2. The summed E-state index contributed by atoms with van der Waals surface area (Å²) >= 11 is 0. The van der Waals surface area contributed by atoms with Crippen molar-refractivity contribution in [1.82, 2.24) is 0 Å². The van der Waals surface area contributed by atoms with E-state index in [1.165, 1.54) is 36.8 Å². The van der Waals surface area contributed by atoms with Crippen LogP contribution in [0.3, 0.4) is 0 Å². The van der Waals surface area contributed by atoms with Crippen LogP contribution in [0.5, 0.6) is 0 Å². The van der Waals surface area contributed by atoms with Gasteiger partial charge in [0.2, 0.25) is 0 Å². The van der Waals surface area contributed by atoms with Gasteiger partial charge in [-0.3, -0.25) is 4.39 Å². The molecule has 0 amide bonds. The zero-order valence-electron chi connectivity index (χ0n) is 19.4. The summed E-state index contributed by atoms with van der Waals surface area (Å²) in [6.07, 6.45) is 14.0. The van der Waals surface area contributed by atoms with Crippen LogP contribution in [0.1, 0.15) is 76.8 Å². The quantitative estimate of drug-likeness (QED) is 0.488. The third kappa shape index (κ3) is 17.1. The average molecular weight is 408 g/mol. The molecule has 0 aromatic heterocycles. The fourth-order valence-corrected chi connectivity index (χ4v) is 3.10. The molecule has 1 aliphatic carbocycles. The van der Waals surface area contributed by atoms with E-state index in [-0.39, 0.29) is 12.1 Å². The Labute approximate surface area is 180 Å². The molecule has 1 aliphatic rings. The molecule has 0 saturated heterocycles. The third-order valence-electron chi connectivity index (χ3n) is 5.03. The molecule has 3 atom stereocenters. The van der Waals surface area contributed by atoms with E-state index in [9.17, 15) is 9.50 Å². The number of rotatable bonds is 7. The molecular formula is C26H46FNO. The predicted molar refractivity (Wildman–Crippen MR) is 128 cm³/mol. The first-order valence-electron chi connectivity index (χ1n) is 11.1. The molecule has 3 unspecified atom stereocenters. The van der Waals surface area contributed by atoms with Crippen molar-refractivity contribution in [2.45, 2.75) is 90.7 Å². The summed E-state index contributed by atoms with van der Waals surface area (Å²) in [7, 11) is 0.500. The molecule has 1 saturated carbocycles. The van der Waals surface area contributed by atoms with Gasteiger partial charge in [-0.1, -0.05) is 82.9 Å². The molecule has 168 valence electrons. The van der Waals surface area contributed by atoms with Crippen molar-refractivity contribution in [3.63, 3.8) is 0 Å². The number of nitrogens with two attached hydrogens (primary N) is 1. The SMILES string of the molecule is C=CC(N)Cc1ccc(CC)cc1.C=CCCC.CCC1CCCC(O)C1.CF. The summed E-state index contributed by atoms with van der Waals surface area (Å²) in [6.45, 7) is 13.7. The van der Waals surface area contributed by atoms with Gasteiger partial charge in [0.25, 0.3) is 0 Å². The molecule has 0 radical (unpaired) electrons. The maximum atomic E-state index is 9.50. The molecule has 2 nitrogen and oxygen atoms in total. The molecule has 1 aromatic rings. The standard InChI is InChI=1S/C12H17N.C8H16O.C5H10.CH3F/c1-3-10-5-7-11(8-6-10)9-12(13)4-2;1-2-7-4-3-5-8(9)6-7;1-3-5-4-2;1-2/h4-8,12H,2-3,9,13H2,1H3;7-9H,2-6H2,1H3;3H,1,4-5H2,2H3;1H3. The second-order valence-corrected chi connectivity index (χ2v) is 7.45. The Morgan fingerprint density at radius 3 is 2.03 bits per heavy atom. The van der Waals surface area contributed by atoms with E-state index in [4.69, 9.17) is 5.73 Å². The monoisotopic (exact) mass is 407 g/mol. The van der Waals surface area contributed by atoms with Crippen LogP contribution in [0.4, 0.5) is 4.39 Å². The van der Waals surface area contributed by atoms with Gasteiger partial charge in [-0.05, 0) is 49.1 Å². The Bertz CT molecular complexity index is 486. The van der Waals surface area contributed by atoms with Crippen molar-refractivity contribution in [3.05, 3.63) is 60.7 Å². The van der Waals surface area contributed by atoms with Crippen molar-refractivity contribution < 1.29 is 9.50 Å². The number of aliphatic hydroxyl groups is 1. The van der Waals surface area contributed by atoms with Gasteiger partial charge in [0.15, 0.2) is 0 Å². The second kappa shape index (κ2) is 21.3. The zero-order valence-corrected chi connectivity index (χ0v) is 19.4. The number of aryl methyl sites for hydroxylation is 1. The van der Waals surface area contributed by atoms with Crippen LogP contribution in [0.15, 0.2) is 49.6 Å². The van der Waals surface area contributed by atoms with Crippen LogP contribution in [0.2, 0.25) is 0 Å². The van der Waals surface area contributed by atoms with Crippen LogP contribution in [0.25, 0.3) is 0 Å². The lowest BCUT2D eigenvalue weighted by atomic mass is 9.86. The Balaban J connectivity index is 0. The summed E-state index contributed by atoms with van der Waals surface area (Å²) in [5.74, 6) is 0.814. The lowest BCUT2D eigenvalue weighted by Crippen LogP contribution is -2.19. The highest BCUT2D eigenvalue weighted by Crippen LogP contribution is 2.25. The Morgan fingerprint density at radius 2 is 1.69 bits per heavy atom.